The number of ether oxygens (including phenoxy) is 1. The van der Waals surface area contributed by atoms with E-state index < -0.39 is 5.60 Å². The number of esters is 1. The average molecular weight is 298 g/mol. The molecule has 0 bridgehead atoms. The van der Waals surface area contributed by atoms with E-state index in [1.807, 2.05) is 45.0 Å². The Morgan fingerprint density at radius 2 is 2.12 bits per heavy atom. The van der Waals surface area contributed by atoms with Gasteiger partial charge >= 0.3 is 5.97 Å². The molecule has 4 heteroatoms. The second-order valence-electron chi connectivity index (χ2n) is 5.21. The highest BCUT2D eigenvalue weighted by Gasteiger charge is 2.45. The van der Waals surface area contributed by atoms with Crippen LogP contribution in [0.3, 0.4) is 0 Å². The fourth-order valence-corrected chi connectivity index (χ4v) is 2.11. The van der Waals surface area contributed by atoms with Crippen molar-refractivity contribution in [1.82, 2.24) is 5.32 Å². The molecule has 2 atom stereocenters. The van der Waals surface area contributed by atoms with Gasteiger partial charge in [0.05, 0.1) is 6.04 Å². The number of carbonyl (C=O) groups is 1. The van der Waals surface area contributed by atoms with Crippen molar-refractivity contribution >= 4 is 21.9 Å². The number of hydrogen-bond donors (Lipinski definition) is 1. The standard InChI is InChI=1S/C13H16BrNO2/c1-13(2,3)17-12(16)11-10(15-11)8-5-4-6-9(14)7-8/h4-7,10-11,15H,1-3H3. The molecule has 0 aromatic heterocycles. The number of hydrogen-bond acceptors (Lipinski definition) is 3. The lowest BCUT2D eigenvalue weighted by Crippen LogP contribution is -2.27. The van der Waals surface area contributed by atoms with E-state index in [9.17, 15) is 4.79 Å². The van der Waals surface area contributed by atoms with E-state index in [0.717, 1.165) is 10.0 Å². The van der Waals surface area contributed by atoms with Crippen LogP contribution in [0.5, 0.6) is 0 Å². The second-order valence-corrected chi connectivity index (χ2v) is 6.13. The van der Waals surface area contributed by atoms with Crippen LogP contribution in [-0.4, -0.2) is 17.6 Å². The first-order valence-corrected chi connectivity index (χ1v) is 6.40. The van der Waals surface area contributed by atoms with Crippen molar-refractivity contribution in [2.24, 2.45) is 0 Å². The van der Waals surface area contributed by atoms with Crippen molar-refractivity contribution in [3.05, 3.63) is 34.3 Å². The molecule has 17 heavy (non-hydrogen) atoms. The molecule has 2 unspecified atom stereocenters. The molecule has 1 aliphatic rings. The Bertz CT molecular complexity index is 439. The number of rotatable bonds is 2. The molecule has 0 radical (unpaired) electrons. The Hall–Kier alpha value is -0.870. The molecule has 1 fully saturated rings. The lowest BCUT2D eigenvalue weighted by molar-refractivity contribution is -0.154. The Morgan fingerprint density at radius 1 is 1.41 bits per heavy atom. The third-order valence-electron chi connectivity index (χ3n) is 2.45. The Kier molecular flexibility index (Phi) is 3.27. The third kappa shape index (κ3) is 3.30. The van der Waals surface area contributed by atoms with E-state index in [4.69, 9.17) is 4.74 Å². The normalized spacial score (nSPS) is 23.3. The molecule has 0 aliphatic carbocycles. The first-order chi connectivity index (χ1) is 7.87. The maximum absolute atomic E-state index is 11.8. The molecule has 0 amide bonds. The van der Waals surface area contributed by atoms with Crippen LogP contribution in [0.25, 0.3) is 0 Å². The van der Waals surface area contributed by atoms with Gasteiger partial charge < -0.3 is 4.74 Å². The van der Waals surface area contributed by atoms with Gasteiger partial charge in [0.2, 0.25) is 0 Å². The van der Waals surface area contributed by atoms with Crippen molar-refractivity contribution < 1.29 is 9.53 Å². The number of nitrogens with one attached hydrogen (secondary N) is 1. The molecule has 1 heterocycles. The van der Waals surface area contributed by atoms with Gasteiger partial charge in [-0.2, -0.15) is 0 Å². The van der Waals surface area contributed by atoms with E-state index in [1.54, 1.807) is 0 Å². The maximum atomic E-state index is 11.8. The topological polar surface area (TPSA) is 48.2 Å². The molecule has 1 aromatic carbocycles. The van der Waals surface area contributed by atoms with Gasteiger partial charge in [-0.25, -0.2) is 0 Å². The van der Waals surface area contributed by atoms with E-state index in [-0.39, 0.29) is 18.1 Å². The predicted molar refractivity (Wildman–Crippen MR) is 69.7 cm³/mol. The Balaban J connectivity index is 1.99. The summed E-state index contributed by atoms with van der Waals surface area (Å²) < 4.78 is 6.35. The Labute approximate surface area is 110 Å². The van der Waals surface area contributed by atoms with Crippen molar-refractivity contribution in [2.75, 3.05) is 0 Å². The first-order valence-electron chi connectivity index (χ1n) is 5.61. The zero-order chi connectivity index (χ0) is 12.6. The van der Waals surface area contributed by atoms with Crippen molar-refractivity contribution in [3.63, 3.8) is 0 Å². The van der Waals surface area contributed by atoms with E-state index in [1.165, 1.54) is 0 Å². The number of carbonyl (C=O) groups excluding carboxylic acids is 1. The van der Waals surface area contributed by atoms with Crippen LogP contribution < -0.4 is 5.32 Å². The van der Waals surface area contributed by atoms with Crippen molar-refractivity contribution in [1.29, 1.82) is 0 Å². The van der Waals surface area contributed by atoms with Gasteiger partial charge in [-0.05, 0) is 38.5 Å². The molecule has 2 rings (SSSR count). The van der Waals surface area contributed by atoms with Crippen LogP contribution in [0.4, 0.5) is 0 Å². The third-order valence-corrected chi connectivity index (χ3v) is 2.95. The van der Waals surface area contributed by atoms with Gasteiger partial charge in [-0.3, -0.25) is 10.1 Å². The lowest BCUT2D eigenvalue weighted by atomic mass is 10.1. The van der Waals surface area contributed by atoms with Gasteiger partial charge in [0.15, 0.2) is 0 Å². The molecule has 1 N–H and O–H groups in total. The molecular formula is C13H16BrNO2. The van der Waals surface area contributed by atoms with Crippen LogP contribution in [0.1, 0.15) is 32.4 Å². The van der Waals surface area contributed by atoms with Crippen LogP contribution in [-0.2, 0) is 9.53 Å². The SMILES string of the molecule is CC(C)(C)OC(=O)C1NC1c1cccc(Br)c1. The lowest BCUT2D eigenvalue weighted by Gasteiger charge is -2.19. The highest BCUT2D eigenvalue weighted by molar-refractivity contribution is 9.10. The molecule has 0 spiro atoms. The smallest absolute Gasteiger partial charge is 0.325 e. The molecule has 92 valence electrons. The van der Waals surface area contributed by atoms with E-state index >= 15 is 0 Å². The fourth-order valence-electron chi connectivity index (χ4n) is 1.70. The number of benzene rings is 1. The molecule has 1 aliphatic heterocycles. The summed E-state index contributed by atoms with van der Waals surface area (Å²) in [5, 5.41) is 3.14. The summed E-state index contributed by atoms with van der Waals surface area (Å²) in [6.45, 7) is 5.63. The van der Waals surface area contributed by atoms with E-state index in [2.05, 4.69) is 21.2 Å². The minimum atomic E-state index is -0.427. The zero-order valence-corrected chi connectivity index (χ0v) is 11.7. The van der Waals surface area contributed by atoms with Crippen LogP contribution >= 0.6 is 15.9 Å². The highest BCUT2D eigenvalue weighted by Crippen LogP contribution is 2.32. The van der Waals surface area contributed by atoms with Crippen molar-refractivity contribution in [3.8, 4) is 0 Å². The molecule has 3 nitrogen and oxygen atoms in total. The molecule has 1 aromatic rings. The fraction of sp³-hybridized carbons (Fsp3) is 0.462. The summed E-state index contributed by atoms with van der Waals surface area (Å²) in [5.41, 5.74) is 0.679. The van der Waals surface area contributed by atoms with Crippen LogP contribution in [0, 0.1) is 0 Å². The van der Waals surface area contributed by atoms with E-state index in [0.29, 0.717) is 0 Å². The van der Waals surface area contributed by atoms with Crippen LogP contribution in [0.2, 0.25) is 0 Å². The van der Waals surface area contributed by atoms with Gasteiger partial charge in [0.1, 0.15) is 11.6 Å². The predicted octanol–water partition coefficient (Wildman–Crippen LogP) is 2.80. The summed E-state index contributed by atoms with van der Waals surface area (Å²) in [6, 6.07) is 7.83. The molecular weight excluding hydrogens is 282 g/mol. The average Bonchev–Trinajstić information content (AvgIpc) is 2.94. The minimum Gasteiger partial charge on any atom is -0.459 e. The summed E-state index contributed by atoms with van der Waals surface area (Å²) in [6.07, 6.45) is 0. The summed E-state index contributed by atoms with van der Waals surface area (Å²) in [4.78, 5) is 11.8. The number of halogens is 1. The first kappa shape index (κ1) is 12.6. The maximum Gasteiger partial charge on any atom is 0.325 e. The highest BCUT2D eigenvalue weighted by atomic mass is 79.9. The summed E-state index contributed by atoms with van der Waals surface area (Å²) in [7, 11) is 0. The van der Waals surface area contributed by atoms with Gasteiger partial charge in [-0.1, -0.05) is 28.1 Å². The minimum absolute atomic E-state index is 0.0855. The quantitative estimate of drug-likeness (QED) is 0.674. The molecule has 1 saturated heterocycles. The zero-order valence-electron chi connectivity index (χ0n) is 10.2. The second kappa shape index (κ2) is 4.42. The van der Waals surface area contributed by atoms with Crippen molar-refractivity contribution in [2.45, 2.75) is 38.5 Å². The van der Waals surface area contributed by atoms with Gasteiger partial charge in [0, 0.05) is 4.47 Å². The van der Waals surface area contributed by atoms with Gasteiger partial charge in [-0.15, -0.1) is 0 Å². The summed E-state index contributed by atoms with van der Waals surface area (Å²) >= 11 is 3.42. The largest absolute Gasteiger partial charge is 0.459 e. The Morgan fingerprint density at radius 3 is 2.71 bits per heavy atom. The van der Waals surface area contributed by atoms with Gasteiger partial charge in [0.25, 0.3) is 0 Å². The monoisotopic (exact) mass is 297 g/mol. The van der Waals surface area contributed by atoms with Crippen LogP contribution in [0.15, 0.2) is 28.7 Å². The summed E-state index contributed by atoms with van der Waals surface area (Å²) in [5.74, 6) is -0.178. The molecule has 0 saturated carbocycles.